The smallest absolute Gasteiger partial charge is 0.224 e. The van der Waals surface area contributed by atoms with Gasteiger partial charge in [0.15, 0.2) is 0 Å². The molecule has 2 N–H and O–H groups in total. The molecule has 1 fully saturated rings. The molecule has 4 nitrogen and oxygen atoms in total. The number of ether oxygens (including phenoxy) is 1. The van der Waals surface area contributed by atoms with E-state index in [1.165, 1.54) is 12.1 Å². The lowest BCUT2D eigenvalue weighted by Crippen LogP contribution is -2.36. The van der Waals surface area contributed by atoms with Crippen LogP contribution in [0, 0.1) is 5.82 Å². The molecule has 5 heteroatoms. The predicted molar refractivity (Wildman–Crippen MR) is 78.6 cm³/mol. The van der Waals surface area contributed by atoms with Gasteiger partial charge in [0.2, 0.25) is 5.91 Å². The summed E-state index contributed by atoms with van der Waals surface area (Å²) in [6.45, 7) is 1.35. The zero-order valence-electron chi connectivity index (χ0n) is 11.8. The fourth-order valence-corrected chi connectivity index (χ4v) is 2.74. The largest absolute Gasteiger partial charge is 0.376 e. The molecule has 1 aromatic carbocycles. The Balaban J connectivity index is 1.58. The minimum Gasteiger partial charge on any atom is -0.376 e. The predicted octanol–water partition coefficient (Wildman–Crippen LogP) is 2.53. The standard InChI is InChI=1S/C16H19FN2O2/c17-12-4-5-14-11(9-18-15(14)8-12)7-16(20)19-10-13-3-1-2-6-21-13/h4-5,8-9,13,18H,1-3,6-7,10H2,(H,19,20). The lowest BCUT2D eigenvalue weighted by atomic mass is 10.1. The second kappa shape index (κ2) is 6.26. The summed E-state index contributed by atoms with van der Waals surface area (Å²) >= 11 is 0. The van der Waals surface area contributed by atoms with Crippen molar-refractivity contribution in [3.8, 4) is 0 Å². The number of H-pyrrole nitrogens is 1. The Morgan fingerprint density at radius 3 is 3.14 bits per heavy atom. The highest BCUT2D eigenvalue weighted by atomic mass is 19.1. The fourth-order valence-electron chi connectivity index (χ4n) is 2.74. The van der Waals surface area contributed by atoms with Gasteiger partial charge in [0.1, 0.15) is 5.82 Å². The molecular weight excluding hydrogens is 271 g/mol. The van der Waals surface area contributed by atoms with Gasteiger partial charge in [-0.2, -0.15) is 0 Å². The summed E-state index contributed by atoms with van der Waals surface area (Å²) in [5.41, 5.74) is 1.60. The van der Waals surface area contributed by atoms with Crippen LogP contribution in [0.4, 0.5) is 4.39 Å². The number of halogens is 1. The van der Waals surface area contributed by atoms with Crippen molar-refractivity contribution >= 4 is 16.8 Å². The average molecular weight is 290 g/mol. The molecule has 0 aliphatic carbocycles. The number of carbonyl (C=O) groups excluding carboxylic acids is 1. The number of hydrogen-bond acceptors (Lipinski definition) is 2. The molecule has 1 saturated heterocycles. The second-order valence-electron chi connectivity index (χ2n) is 5.47. The molecule has 112 valence electrons. The summed E-state index contributed by atoms with van der Waals surface area (Å²) in [6.07, 6.45) is 5.47. The third-order valence-electron chi connectivity index (χ3n) is 3.88. The van der Waals surface area contributed by atoms with E-state index in [-0.39, 0.29) is 17.8 Å². The van der Waals surface area contributed by atoms with Crippen molar-refractivity contribution in [2.24, 2.45) is 0 Å². The molecule has 1 aliphatic heterocycles. The Bertz CT molecular complexity index is 632. The summed E-state index contributed by atoms with van der Waals surface area (Å²) < 4.78 is 18.7. The molecule has 21 heavy (non-hydrogen) atoms. The lowest BCUT2D eigenvalue weighted by molar-refractivity contribution is -0.121. The quantitative estimate of drug-likeness (QED) is 0.909. The molecule has 0 saturated carbocycles. The van der Waals surface area contributed by atoms with Crippen molar-refractivity contribution in [3.63, 3.8) is 0 Å². The van der Waals surface area contributed by atoms with E-state index in [9.17, 15) is 9.18 Å². The van der Waals surface area contributed by atoms with Gasteiger partial charge in [-0.1, -0.05) is 0 Å². The van der Waals surface area contributed by atoms with Crippen LogP contribution >= 0.6 is 0 Å². The number of fused-ring (bicyclic) bond motifs is 1. The molecule has 0 radical (unpaired) electrons. The summed E-state index contributed by atoms with van der Waals surface area (Å²) in [4.78, 5) is 15.0. The Labute approximate surface area is 122 Å². The van der Waals surface area contributed by atoms with E-state index in [0.29, 0.717) is 18.5 Å². The molecule has 1 aromatic heterocycles. The van der Waals surface area contributed by atoms with Gasteiger partial charge in [-0.25, -0.2) is 4.39 Å². The van der Waals surface area contributed by atoms with Crippen molar-refractivity contribution in [3.05, 3.63) is 35.8 Å². The van der Waals surface area contributed by atoms with Crippen molar-refractivity contribution in [1.29, 1.82) is 0 Å². The van der Waals surface area contributed by atoms with E-state index in [4.69, 9.17) is 4.74 Å². The van der Waals surface area contributed by atoms with E-state index in [1.807, 2.05) is 0 Å². The number of nitrogens with one attached hydrogen (secondary N) is 2. The Hall–Kier alpha value is -1.88. The normalized spacial score (nSPS) is 18.8. The summed E-state index contributed by atoms with van der Waals surface area (Å²) in [7, 11) is 0. The number of amides is 1. The van der Waals surface area contributed by atoms with E-state index >= 15 is 0 Å². The van der Waals surface area contributed by atoms with Crippen LogP contribution in [0.15, 0.2) is 24.4 Å². The second-order valence-corrected chi connectivity index (χ2v) is 5.47. The van der Waals surface area contributed by atoms with Crippen LogP contribution < -0.4 is 5.32 Å². The van der Waals surface area contributed by atoms with Gasteiger partial charge in [0, 0.05) is 30.3 Å². The highest BCUT2D eigenvalue weighted by Gasteiger charge is 2.15. The fraction of sp³-hybridized carbons (Fsp3) is 0.438. The van der Waals surface area contributed by atoms with Crippen molar-refractivity contribution in [2.45, 2.75) is 31.8 Å². The molecule has 1 atom stereocenters. The van der Waals surface area contributed by atoms with Gasteiger partial charge < -0.3 is 15.0 Å². The van der Waals surface area contributed by atoms with Gasteiger partial charge in [0.25, 0.3) is 0 Å². The summed E-state index contributed by atoms with van der Waals surface area (Å²) in [5, 5.41) is 3.80. The van der Waals surface area contributed by atoms with E-state index < -0.39 is 0 Å². The number of aromatic amines is 1. The maximum atomic E-state index is 13.1. The molecule has 2 heterocycles. The Morgan fingerprint density at radius 1 is 1.43 bits per heavy atom. The van der Waals surface area contributed by atoms with Crippen LogP contribution in [0.2, 0.25) is 0 Å². The zero-order valence-corrected chi connectivity index (χ0v) is 11.8. The van der Waals surface area contributed by atoms with Crippen LogP contribution in [0.5, 0.6) is 0 Å². The minimum atomic E-state index is -0.283. The first-order valence-corrected chi connectivity index (χ1v) is 7.36. The third-order valence-corrected chi connectivity index (χ3v) is 3.88. The van der Waals surface area contributed by atoms with E-state index in [0.717, 1.165) is 36.8 Å². The number of carbonyl (C=O) groups is 1. The first kappa shape index (κ1) is 14.1. The molecule has 1 amide bonds. The van der Waals surface area contributed by atoms with Crippen molar-refractivity contribution in [2.75, 3.05) is 13.2 Å². The third kappa shape index (κ3) is 3.42. The molecule has 2 aromatic rings. The van der Waals surface area contributed by atoms with Crippen LogP contribution in [-0.2, 0) is 16.0 Å². The Kier molecular flexibility index (Phi) is 4.20. The van der Waals surface area contributed by atoms with Gasteiger partial charge in [-0.3, -0.25) is 4.79 Å². The first-order valence-electron chi connectivity index (χ1n) is 7.36. The number of benzene rings is 1. The maximum Gasteiger partial charge on any atom is 0.224 e. The lowest BCUT2D eigenvalue weighted by Gasteiger charge is -2.22. The summed E-state index contributed by atoms with van der Waals surface area (Å²) in [5.74, 6) is -0.316. The van der Waals surface area contributed by atoms with E-state index in [1.54, 1.807) is 12.3 Å². The maximum absolute atomic E-state index is 13.1. The first-order chi connectivity index (χ1) is 10.2. The number of hydrogen-bond donors (Lipinski definition) is 2. The van der Waals surface area contributed by atoms with Gasteiger partial charge >= 0.3 is 0 Å². The zero-order chi connectivity index (χ0) is 14.7. The van der Waals surface area contributed by atoms with Crippen LogP contribution in [0.1, 0.15) is 24.8 Å². The average Bonchev–Trinajstić information content (AvgIpc) is 2.88. The summed E-state index contributed by atoms with van der Waals surface area (Å²) in [6, 6.07) is 4.55. The highest BCUT2D eigenvalue weighted by Crippen LogP contribution is 2.19. The van der Waals surface area contributed by atoms with Gasteiger partial charge in [-0.05, 0) is 43.0 Å². The van der Waals surface area contributed by atoms with Crippen LogP contribution in [-0.4, -0.2) is 30.1 Å². The van der Waals surface area contributed by atoms with Crippen molar-refractivity contribution < 1.29 is 13.9 Å². The molecule has 0 spiro atoms. The molecule has 3 rings (SSSR count). The van der Waals surface area contributed by atoms with Gasteiger partial charge in [0.05, 0.1) is 12.5 Å². The number of rotatable bonds is 4. The van der Waals surface area contributed by atoms with E-state index in [2.05, 4.69) is 10.3 Å². The topological polar surface area (TPSA) is 54.1 Å². The van der Waals surface area contributed by atoms with Crippen LogP contribution in [0.25, 0.3) is 10.9 Å². The molecular formula is C16H19FN2O2. The molecule has 1 aliphatic rings. The molecule has 0 bridgehead atoms. The monoisotopic (exact) mass is 290 g/mol. The van der Waals surface area contributed by atoms with Crippen molar-refractivity contribution in [1.82, 2.24) is 10.3 Å². The van der Waals surface area contributed by atoms with Crippen LogP contribution in [0.3, 0.4) is 0 Å². The minimum absolute atomic E-state index is 0.0330. The SMILES string of the molecule is O=C(Cc1c[nH]c2cc(F)ccc12)NCC1CCCCO1. The Morgan fingerprint density at radius 2 is 2.33 bits per heavy atom. The van der Waals surface area contributed by atoms with Gasteiger partial charge in [-0.15, -0.1) is 0 Å². The molecule has 1 unspecified atom stereocenters. The number of aromatic nitrogens is 1. The highest BCUT2D eigenvalue weighted by molar-refractivity contribution is 5.88.